The molecule has 0 aromatic rings. The van der Waals surface area contributed by atoms with Gasteiger partial charge >= 0.3 is 0 Å². The summed E-state index contributed by atoms with van der Waals surface area (Å²) in [7, 11) is 0. The van der Waals surface area contributed by atoms with E-state index < -0.39 is 0 Å². The predicted octanol–water partition coefficient (Wildman–Crippen LogP) is 2.07. The quantitative estimate of drug-likeness (QED) is 0.679. The monoisotopic (exact) mass is 197 g/mol. The van der Waals surface area contributed by atoms with E-state index in [4.69, 9.17) is 0 Å². The third kappa shape index (κ3) is 2.71. The van der Waals surface area contributed by atoms with E-state index in [1.807, 2.05) is 0 Å². The van der Waals surface area contributed by atoms with Crippen molar-refractivity contribution in [1.29, 1.82) is 0 Å². The molecule has 14 heavy (non-hydrogen) atoms. The van der Waals surface area contributed by atoms with Gasteiger partial charge in [0.05, 0.1) is 6.10 Å². The van der Waals surface area contributed by atoms with E-state index in [-0.39, 0.29) is 6.10 Å². The minimum Gasteiger partial charge on any atom is -0.393 e. The zero-order chi connectivity index (χ0) is 9.80. The van der Waals surface area contributed by atoms with Crippen molar-refractivity contribution in [2.24, 2.45) is 5.92 Å². The van der Waals surface area contributed by atoms with Gasteiger partial charge in [-0.1, -0.05) is 25.7 Å². The molecule has 0 bridgehead atoms. The Bertz CT molecular complexity index is 160. The molecule has 1 saturated carbocycles. The molecule has 0 spiro atoms. The molecule has 2 nitrogen and oxygen atoms in total. The van der Waals surface area contributed by atoms with Crippen LogP contribution in [0.2, 0.25) is 0 Å². The molecule has 2 fully saturated rings. The van der Waals surface area contributed by atoms with Crippen molar-refractivity contribution in [2.75, 3.05) is 6.54 Å². The van der Waals surface area contributed by atoms with E-state index >= 15 is 0 Å². The molecule has 2 unspecified atom stereocenters. The molecule has 2 aliphatic rings. The summed E-state index contributed by atoms with van der Waals surface area (Å²) in [6.07, 6.45) is 10.2. The van der Waals surface area contributed by atoms with Gasteiger partial charge < -0.3 is 10.4 Å². The highest BCUT2D eigenvalue weighted by Crippen LogP contribution is 2.28. The van der Waals surface area contributed by atoms with Gasteiger partial charge in [-0.2, -0.15) is 0 Å². The topological polar surface area (TPSA) is 32.3 Å². The Morgan fingerprint density at radius 1 is 1.07 bits per heavy atom. The first-order valence-corrected chi connectivity index (χ1v) is 6.28. The van der Waals surface area contributed by atoms with Crippen molar-refractivity contribution in [3.05, 3.63) is 0 Å². The van der Waals surface area contributed by atoms with Crippen LogP contribution >= 0.6 is 0 Å². The van der Waals surface area contributed by atoms with E-state index in [1.54, 1.807) is 0 Å². The highest BCUT2D eigenvalue weighted by atomic mass is 16.3. The van der Waals surface area contributed by atoms with Crippen LogP contribution in [-0.2, 0) is 0 Å². The van der Waals surface area contributed by atoms with Crippen molar-refractivity contribution in [2.45, 2.75) is 63.5 Å². The first-order chi connectivity index (χ1) is 6.86. The lowest BCUT2D eigenvalue weighted by Crippen LogP contribution is -2.45. The number of nitrogens with one attached hydrogen (secondary N) is 1. The molecule has 2 heteroatoms. The Morgan fingerprint density at radius 2 is 1.71 bits per heavy atom. The van der Waals surface area contributed by atoms with E-state index in [9.17, 15) is 5.11 Å². The van der Waals surface area contributed by atoms with E-state index in [0.717, 1.165) is 13.0 Å². The van der Waals surface area contributed by atoms with Crippen LogP contribution in [0, 0.1) is 5.92 Å². The maximum Gasteiger partial charge on any atom is 0.0583 e. The summed E-state index contributed by atoms with van der Waals surface area (Å²) in [4.78, 5) is 0. The molecule has 0 aromatic heterocycles. The zero-order valence-electron chi connectivity index (χ0n) is 9.04. The van der Waals surface area contributed by atoms with Crippen LogP contribution in [0.5, 0.6) is 0 Å². The summed E-state index contributed by atoms with van der Waals surface area (Å²) in [6.45, 7) is 1.15. The number of hydrogen-bond acceptors (Lipinski definition) is 2. The number of hydrogen-bond donors (Lipinski definition) is 2. The van der Waals surface area contributed by atoms with Crippen LogP contribution in [0.4, 0.5) is 0 Å². The Balaban J connectivity index is 1.73. The third-order valence-corrected chi connectivity index (χ3v) is 3.90. The molecule has 2 rings (SSSR count). The highest BCUT2D eigenvalue weighted by Gasteiger charge is 2.26. The van der Waals surface area contributed by atoms with Gasteiger partial charge in [0.25, 0.3) is 0 Å². The van der Waals surface area contributed by atoms with Crippen LogP contribution in [0.25, 0.3) is 0 Å². The van der Waals surface area contributed by atoms with Gasteiger partial charge in [0.2, 0.25) is 0 Å². The summed E-state index contributed by atoms with van der Waals surface area (Å²) in [5.74, 6) is 0.597. The molecule has 2 N–H and O–H groups in total. The van der Waals surface area contributed by atoms with E-state index in [1.165, 1.54) is 44.9 Å². The fraction of sp³-hybridized carbons (Fsp3) is 1.00. The van der Waals surface area contributed by atoms with Crippen LogP contribution in [0.1, 0.15) is 51.4 Å². The Morgan fingerprint density at radius 3 is 2.21 bits per heavy atom. The summed E-state index contributed by atoms with van der Waals surface area (Å²) in [5.41, 5.74) is 0. The second kappa shape index (κ2) is 5.13. The van der Waals surface area contributed by atoms with Crippen LogP contribution in [0.15, 0.2) is 0 Å². The van der Waals surface area contributed by atoms with Crippen molar-refractivity contribution in [1.82, 2.24) is 5.32 Å². The number of rotatable bonds is 3. The van der Waals surface area contributed by atoms with Crippen molar-refractivity contribution in [3.63, 3.8) is 0 Å². The SMILES string of the molecule is OC(CC1CCN1)C1CCCCCC1. The molecule has 0 amide bonds. The first-order valence-electron chi connectivity index (χ1n) is 6.28. The fourth-order valence-electron chi connectivity index (χ4n) is 2.73. The lowest BCUT2D eigenvalue weighted by Gasteiger charge is -2.32. The minimum atomic E-state index is -0.0362. The molecule has 1 heterocycles. The lowest BCUT2D eigenvalue weighted by atomic mass is 9.88. The molecule has 0 aromatic carbocycles. The van der Waals surface area contributed by atoms with Crippen molar-refractivity contribution in [3.8, 4) is 0 Å². The molecule has 1 aliphatic heterocycles. The Labute approximate surface area is 87.1 Å². The molecule has 2 atom stereocenters. The molecule has 82 valence electrons. The standard InChI is InChI=1S/C12H23NO/c14-12(9-11-7-8-13-11)10-5-3-1-2-4-6-10/h10-14H,1-9H2. The van der Waals surface area contributed by atoms with Crippen LogP contribution in [-0.4, -0.2) is 23.8 Å². The first kappa shape index (κ1) is 10.4. The van der Waals surface area contributed by atoms with E-state index in [0.29, 0.717) is 12.0 Å². The maximum atomic E-state index is 10.1. The normalized spacial score (nSPS) is 31.9. The van der Waals surface area contributed by atoms with Gasteiger partial charge in [0.15, 0.2) is 0 Å². The summed E-state index contributed by atoms with van der Waals surface area (Å²) < 4.78 is 0. The molecule has 0 radical (unpaired) electrons. The summed E-state index contributed by atoms with van der Waals surface area (Å²) >= 11 is 0. The molecule has 1 saturated heterocycles. The zero-order valence-corrected chi connectivity index (χ0v) is 9.04. The Hall–Kier alpha value is -0.0800. The van der Waals surface area contributed by atoms with Crippen molar-refractivity contribution >= 4 is 0 Å². The van der Waals surface area contributed by atoms with Crippen LogP contribution in [0.3, 0.4) is 0 Å². The van der Waals surface area contributed by atoms with Gasteiger partial charge in [-0.25, -0.2) is 0 Å². The second-order valence-corrected chi connectivity index (χ2v) is 4.99. The largest absolute Gasteiger partial charge is 0.393 e. The number of aliphatic hydroxyl groups excluding tert-OH is 1. The average Bonchev–Trinajstić information content (AvgIpc) is 2.38. The van der Waals surface area contributed by atoms with Crippen LogP contribution < -0.4 is 5.32 Å². The van der Waals surface area contributed by atoms with Gasteiger partial charge in [0.1, 0.15) is 0 Å². The van der Waals surface area contributed by atoms with Gasteiger partial charge in [-0.05, 0) is 38.1 Å². The summed E-state index contributed by atoms with van der Waals surface area (Å²) in [6, 6.07) is 0.619. The summed E-state index contributed by atoms with van der Waals surface area (Å²) in [5, 5.41) is 13.5. The lowest BCUT2D eigenvalue weighted by molar-refractivity contribution is 0.0706. The molecular weight excluding hydrogens is 174 g/mol. The highest BCUT2D eigenvalue weighted by molar-refractivity contribution is 4.83. The molecular formula is C12H23NO. The van der Waals surface area contributed by atoms with Gasteiger partial charge in [-0.15, -0.1) is 0 Å². The average molecular weight is 197 g/mol. The van der Waals surface area contributed by atoms with Gasteiger partial charge in [0, 0.05) is 6.04 Å². The second-order valence-electron chi connectivity index (χ2n) is 4.99. The smallest absolute Gasteiger partial charge is 0.0583 e. The maximum absolute atomic E-state index is 10.1. The van der Waals surface area contributed by atoms with E-state index in [2.05, 4.69) is 5.32 Å². The van der Waals surface area contributed by atoms with Gasteiger partial charge in [-0.3, -0.25) is 0 Å². The minimum absolute atomic E-state index is 0.0362. The fourth-order valence-corrected chi connectivity index (χ4v) is 2.73. The third-order valence-electron chi connectivity index (χ3n) is 3.90. The predicted molar refractivity (Wildman–Crippen MR) is 58.2 cm³/mol. The Kier molecular flexibility index (Phi) is 3.82. The van der Waals surface area contributed by atoms with Crippen molar-refractivity contribution < 1.29 is 5.11 Å². The molecule has 1 aliphatic carbocycles. The number of aliphatic hydroxyl groups is 1.